The van der Waals surface area contributed by atoms with E-state index in [4.69, 9.17) is 23.2 Å². The van der Waals surface area contributed by atoms with Gasteiger partial charge in [0.1, 0.15) is 0 Å². The Bertz CT molecular complexity index is 635. The summed E-state index contributed by atoms with van der Waals surface area (Å²) in [5, 5.41) is 4.74. The number of nitrogens with one attached hydrogen (secondary N) is 1. The first-order chi connectivity index (χ1) is 10.2. The number of halogens is 2. The van der Waals surface area contributed by atoms with Gasteiger partial charge in [-0.25, -0.2) is 0 Å². The lowest BCUT2D eigenvalue weighted by Gasteiger charge is -2.27. The fourth-order valence-corrected chi connectivity index (χ4v) is 3.49. The van der Waals surface area contributed by atoms with E-state index in [-0.39, 0.29) is 6.04 Å². The van der Waals surface area contributed by atoms with Crippen LogP contribution >= 0.6 is 23.2 Å². The van der Waals surface area contributed by atoms with Crippen LogP contribution in [0.25, 0.3) is 0 Å². The molecule has 21 heavy (non-hydrogen) atoms. The molecular formula is C18H19Cl2N. The van der Waals surface area contributed by atoms with Crippen LogP contribution in [0.4, 0.5) is 0 Å². The number of rotatable bonds is 4. The molecule has 0 aliphatic heterocycles. The highest BCUT2D eigenvalue weighted by atomic mass is 35.5. The van der Waals surface area contributed by atoms with Crippen molar-refractivity contribution in [3.63, 3.8) is 0 Å². The van der Waals surface area contributed by atoms with Crippen molar-refractivity contribution >= 4 is 23.2 Å². The summed E-state index contributed by atoms with van der Waals surface area (Å²) in [5.74, 6) is 0.739. The van der Waals surface area contributed by atoms with Crippen molar-refractivity contribution in [3.05, 3.63) is 69.2 Å². The van der Waals surface area contributed by atoms with Gasteiger partial charge in [-0.2, -0.15) is 0 Å². The maximum Gasteiger partial charge on any atom is 0.0589 e. The molecule has 2 aromatic carbocycles. The average Bonchev–Trinajstić information content (AvgIpc) is 2.40. The van der Waals surface area contributed by atoms with Crippen molar-refractivity contribution in [2.75, 3.05) is 7.05 Å². The number of hydrogen-bond acceptors (Lipinski definition) is 1. The molecule has 0 aromatic heterocycles. The molecular weight excluding hydrogens is 301 g/mol. The van der Waals surface area contributed by atoms with Gasteiger partial charge in [0.25, 0.3) is 0 Å². The molecule has 2 aromatic rings. The third kappa shape index (κ3) is 3.11. The van der Waals surface area contributed by atoms with E-state index in [0.29, 0.717) is 10.0 Å². The van der Waals surface area contributed by atoms with Gasteiger partial charge in [-0.3, -0.25) is 0 Å². The molecule has 3 heteroatoms. The second-order valence-electron chi connectivity index (χ2n) is 5.69. The summed E-state index contributed by atoms with van der Waals surface area (Å²) in [6, 6.07) is 14.7. The standard InChI is InChI=1S/C18H19Cl2N/c1-21-18(16-9-8-15(19)11-17(16)20)14-7-3-6-13(10-14)12-4-2-5-12/h3,6-12,18,21H,2,4-5H2,1H3. The van der Waals surface area contributed by atoms with Gasteiger partial charge in [0, 0.05) is 10.0 Å². The Morgan fingerprint density at radius 1 is 1.10 bits per heavy atom. The highest BCUT2D eigenvalue weighted by Crippen LogP contribution is 2.38. The van der Waals surface area contributed by atoms with E-state index in [2.05, 4.69) is 29.6 Å². The van der Waals surface area contributed by atoms with Crippen LogP contribution in [0.5, 0.6) is 0 Å². The molecule has 0 heterocycles. The predicted octanol–water partition coefficient (Wildman–Crippen LogP) is 5.57. The lowest BCUT2D eigenvalue weighted by molar-refractivity contribution is 0.419. The summed E-state index contributed by atoms with van der Waals surface area (Å²) in [6.45, 7) is 0. The van der Waals surface area contributed by atoms with Crippen LogP contribution in [0.2, 0.25) is 10.0 Å². The second-order valence-corrected chi connectivity index (χ2v) is 6.53. The van der Waals surface area contributed by atoms with Gasteiger partial charge in [-0.15, -0.1) is 0 Å². The fourth-order valence-electron chi connectivity index (χ4n) is 2.97. The number of benzene rings is 2. The minimum absolute atomic E-state index is 0.0924. The van der Waals surface area contributed by atoms with Crippen molar-refractivity contribution in [1.82, 2.24) is 5.32 Å². The van der Waals surface area contributed by atoms with Gasteiger partial charge in [0.2, 0.25) is 0 Å². The van der Waals surface area contributed by atoms with E-state index in [1.165, 1.54) is 30.4 Å². The average molecular weight is 320 g/mol. The fraction of sp³-hybridized carbons (Fsp3) is 0.333. The quantitative estimate of drug-likeness (QED) is 0.776. The van der Waals surface area contributed by atoms with Gasteiger partial charge in [0.05, 0.1) is 6.04 Å². The van der Waals surface area contributed by atoms with E-state index in [0.717, 1.165) is 11.5 Å². The Labute approximate surface area is 136 Å². The topological polar surface area (TPSA) is 12.0 Å². The summed E-state index contributed by atoms with van der Waals surface area (Å²) in [6.07, 6.45) is 3.98. The molecule has 1 aliphatic carbocycles. The zero-order chi connectivity index (χ0) is 14.8. The first kappa shape index (κ1) is 14.9. The smallest absolute Gasteiger partial charge is 0.0589 e. The normalized spacial score (nSPS) is 16.5. The van der Waals surface area contributed by atoms with Crippen molar-refractivity contribution in [1.29, 1.82) is 0 Å². The Hall–Kier alpha value is -1.02. The zero-order valence-corrected chi connectivity index (χ0v) is 13.6. The first-order valence-electron chi connectivity index (χ1n) is 7.41. The highest BCUT2D eigenvalue weighted by molar-refractivity contribution is 6.35. The van der Waals surface area contributed by atoms with Gasteiger partial charge in [-0.05, 0) is 54.6 Å². The Morgan fingerprint density at radius 2 is 1.90 bits per heavy atom. The van der Waals surface area contributed by atoms with E-state index < -0.39 is 0 Å². The SMILES string of the molecule is CNC(c1cccc(C2CCC2)c1)c1ccc(Cl)cc1Cl. The minimum Gasteiger partial charge on any atom is -0.309 e. The molecule has 0 bridgehead atoms. The molecule has 1 fully saturated rings. The maximum absolute atomic E-state index is 6.37. The predicted molar refractivity (Wildman–Crippen MR) is 90.4 cm³/mol. The molecule has 0 amide bonds. The van der Waals surface area contributed by atoms with Crippen molar-refractivity contribution in [2.45, 2.75) is 31.2 Å². The lowest BCUT2D eigenvalue weighted by atomic mass is 9.79. The molecule has 0 spiro atoms. The maximum atomic E-state index is 6.37. The summed E-state index contributed by atoms with van der Waals surface area (Å²) in [4.78, 5) is 0. The van der Waals surface area contributed by atoms with Crippen LogP contribution in [0.3, 0.4) is 0 Å². The molecule has 110 valence electrons. The Balaban J connectivity index is 1.95. The molecule has 1 saturated carbocycles. The van der Waals surface area contributed by atoms with Crippen LogP contribution < -0.4 is 5.32 Å². The first-order valence-corrected chi connectivity index (χ1v) is 8.16. The van der Waals surface area contributed by atoms with Gasteiger partial charge in [-0.1, -0.05) is 60.0 Å². The van der Waals surface area contributed by atoms with E-state index in [1.54, 1.807) is 6.07 Å². The molecule has 1 atom stereocenters. The van der Waals surface area contributed by atoms with E-state index in [1.807, 2.05) is 19.2 Å². The minimum atomic E-state index is 0.0924. The molecule has 1 aliphatic rings. The third-order valence-corrected chi connectivity index (χ3v) is 4.95. The molecule has 3 rings (SSSR count). The molecule has 1 N–H and O–H groups in total. The summed E-state index contributed by atoms with van der Waals surface area (Å²) >= 11 is 12.4. The van der Waals surface area contributed by atoms with Gasteiger partial charge < -0.3 is 5.32 Å². The lowest BCUT2D eigenvalue weighted by Crippen LogP contribution is -2.19. The molecule has 1 nitrogen and oxygen atoms in total. The van der Waals surface area contributed by atoms with Crippen LogP contribution in [0.1, 0.15) is 47.9 Å². The highest BCUT2D eigenvalue weighted by Gasteiger charge is 2.21. The van der Waals surface area contributed by atoms with Crippen molar-refractivity contribution in [2.24, 2.45) is 0 Å². The van der Waals surface area contributed by atoms with Crippen LogP contribution in [0.15, 0.2) is 42.5 Å². The van der Waals surface area contributed by atoms with Crippen molar-refractivity contribution in [3.8, 4) is 0 Å². The van der Waals surface area contributed by atoms with Gasteiger partial charge >= 0.3 is 0 Å². The van der Waals surface area contributed by atoms with E-state index in [9.17, 15) is 0 Å². The van der Waals surface area contributed by atoms with Crippen molar-refractivity contribution < 1.29 is 0 Å². The summed E-state index contributed by atoms with van der Waals surface area (Å²) < 4.78 is 0. The largest absolute Gasteiger partial charge is 0.309 e. The van der Waals surface area contributed by atoms with Crippen LogP contribution in [0, 0.1) is 0 Å². The zero-order valence-electron chi connectivity index (χ0n) is 12.1. The Kier molecular flexibility index (Phi) is 4.54. The molecule has 1 unspecified atom stereocenters. The monoisotopic (exact) mass is 319 g/mol. The molecule has 0 saturated heterocycles. The third-order valence-electron chi connectivity index (χ3n) is 4.38. The van der Waals surface area contributed by atoms with Crippen LogP contribution in [-0.4, -0.2) is 7.05 Å². The summed E-state index contributed by atoms with van der Waals surface area (Å²) in [5.41, 5.74) is 3.77. The second kappa shape index (κ2) is 6.39. The van der Waals surface area contributed by atoms with E-state index >= 15 is 0 Å². The van der Waals surface area contributed by atoms with Gasteiger partial charge in [0.15, 0.2) is 0 Å². The van der Waals surface area contributed by atoms with Crippen LogP contribution in [-0.2, 0) is 0 Å². The molecule has 0 radical (unpaired) electrons. The number of hydrogen-bond donors (Lipinski definition) is 1. The Morgan fingerprint density at radius 3 is 2.52 bits per heavy atom. The summed E-state index contributed by atoms with van der Waals surface area (Å²) in [7, 11) is 1.96.